The Kier molecular flexibility index (Phi) is 2.96. The van der Waals surface area contributed by atoms with Crippen molar-refractivity contribution in [1.82, 2.24) is 0 Å². The van der Waals surface area contributed by atoms with Gasteiger partial charge in [0.05, 0.1) is 0 Å². The number of carbonyl (C=O) groups is 1. The number of rotatable bonds is 2. The fourth-order valence-electron chi connectivity index (χ4n) is 2.39. The van der Waals surface area contributed by atoms with Gasteiger partial charge in [0.25, 0.3) is 0 Å². The third-order valence-corrected chi connectivity index (χ3v) is 3.47. The number of ketones is 1. The monoisotopic (exact) mass is 248 g/mol. The van der Waals surface area contributed by atoms with Crippen molar-refractivity contribution in [2.24, 2.45) is 5.92 Å². The van der Waals surface area contributed by atoms with Gasteiger partial charge in [-0.15, -0.1) is 0 Å². The lowest BCUT2D eigenvalue weighted by Crippen LogP contribution is -2.25. The van der Waals surface area contributed by atoms with E-state index in [0.717, 1.165) is 6.42 Å². The van der Waals surface area contributed by atoms with Gasteiger partial charge >= 0.3 is 0 Å². The molecule has 1 fully saturated rings. The summed E-state index contributed by atoms with van der Waals surface area (Å²) in [7, 11) is 0. The van der Waals surface area contributed by atoms with Gasteiger partial charge in [-0.1, -0.05) is 6.92 Å². The van der Waals surface area contributed by atoms with E-state index in [9.17, 15) is 4.79 Å². The Morgan fingerprint density at radius 2 is 1.94 bits per heavy atom. The van der Waals surface area contributed by atoms with E-state index in [-0.39, 0.29) is 17.8 Å². The highest BCUT2D eigenvalue weighted by Crippen LogP contribution is 2.32. The lowest BCUT2D eigenvalue weighted by molar-refractivity contribution is 0.0578. The number of carbonyl (C=O) groups excluding carboxylic acids is 1. The maximum atomic E-state index is 12.3. The van der Waals surface area contributed by atoms with E-state index in [2.05, 4.69) is 0 Å². The van der Waals surface area contributed by atoms with E-state index in [4.69, 9.17) is 14.2 Å². The standard InChI is InChI=1S/C14H16O4/c1-9-4-5-18-14(9)13(15)10-2-3-11-12(8-10)17-7-6-16-11/h2-3,8-9,14H,4-7H2,1H3. The van der Waals surface area contributed by atoms with Crippen LogP contribution in [-0.2, 0) is 4.74 Å². The Hall–Kier alpha value is -1.55. The number of ether oxygens (including phenoxy) is 3. The Morgan fingerprint density at radius 3 is 2.67 bits per heavy atom. The van der Waals surface area contributed by atoms with E-state index in [1.807, 2.05) is 6.92 Å². The average molecular weight is 248 g/mol. The third-order valence-electron chi connectivity index (χ3n) is 3.47. The Bertz CT molecular complexity index is 469. The zero-order valence-corrected chi connectivity index (χ0v) is 10.3. The molecule has 0 radical (unpaired) electrons. The summed E-state index contributed by atoms with van der Waals surface area (Å²) in [5.74, 6) is 1.68. The molecule has 0 aromatic heterocycles. The van der Waals surface area contributed by atoms with Crippen LogP contribution < -0.4 is 9.47 Å². The molecule has 3 rings (SSSR count). The van der Waals surface area contributed by atoms with Crippen LogP contribution in [0.1, 0.15) is 23.7 Å². The van der Waals surface area contributed by atoms with E-state index >= 15 is 0 Å². The van der Waals surface area contributed by atoms with E-state index in [1.165, 1.54) is 0 Å². The van der Waals surface area contributed by atoms with Crippen molar-refractivity contribution in [2.45, 2.75) is 19.4 Å². The molecule has 18 heavy (non-hydrogen) atoms. The predicted octanol–water partition coefficient (Wildman–Crippen LogP) is 2.07. The first-order valence-electron chi connectivity index (χ1n) is 6.31. The molecule has 2 aliphatic heterocycles. The SMILES string of the molecule is CC1CCOC1C(=O)c1ccc2c(c1)OCCO2. The number of hydrogen-bond acceptors (Lipinski definition) is 4. The summed E-state index contributed by atoms with van der Waals surface area (Å²) in [4.78, 5) is 12.3. The van der Waals surface area contributed by atoms with Crippen LogP contribution in [0.15, 0.2) is 18.2 Å². The minimum atomic E-state index is -0.312. The van der Waals surface area contributed by atoms with Crippen LogP contribution in [0.2, 0.25) is 0 Å². The number of hydrogen-bond donors (Lipinski definition) is 0. The highest BCUT2D eigenvalue weighted by Gasteiger charge is 2.32. The van der Waals surface area contributed by atoms with Crippen LogP contribution in [0.4, 0.5) is 0 Å². The molecule has 0 amide bonds. The molecule has 2 atom stereocenters. The zero-order valence-electron chi connectivity index (χ0n) is 10.3. The first kappa shape index (κ1) is 11.5. The Balaban J connectivity index is 1.85. The van der Waals surface area contributed by atoms with Gasteiger partial charge in [-0.2, -0.15) is 0 Å². The molecule has 2 unspecified atom stereocenters. The second-order valence-electron chi connectivity index (χ2n) is 4.78. The summed E-state index contributed by atoms with van der Waals surface area (Å²) in [5.41, 5.74) is 0.637. The summed E-state index contributed by atoms with van der Waals surface area (Å²) in [6.45, 7) is 3.81. The smallest absolute Gasteiger partial charge is 0.191 e. The van der Waals surface area contributed by atoms with Crippen LogP contribution in [0.25, 0.3) is 0 Å². The topological polar surface area (TPSA) is 44.8 Å². The fourth-order valence-corrected chi connectivity index (χ4v) is 2.39. The lowest BCUT2D eigenvalue weighted by atomic mass is 9.96. The largest absolute Gasteiger partial charge is 0.486 e. The van der Waals surface area contributed by atoms with Gasteiger partial charge in [0.1, 0.15) is 19.3 Å². The molecular formula is C14H16O4. The van der Waals surface area contributed by atoms with Crippen LogP contribution in [0.5, 0.6) is 11.5 Å². The molecule has 1 saturated heterocycles. The van der Waals surface area contributed by atoms with Crippen molar-refractivity contribution in [3.05, 3.63) is 23.8 Å². The second kappa shape index (κ2) is 4.61. The molecule has 0 saturated carbocycles. The van der Waals surface area contributed by atoms with Crippen LogP contribution in [0, 0.1) is 5.92 Å². The Labute approximate surface area is 106 Å². The van der Waals surface area contributed by atoms with E-state index < -0.39 is 0 Å². The molecular weight excluding hydrogens is 232 g/mol. The van der Waals surface area contributed by atoms with Crippen LogP contribution >= 0.6 is 0 Å². The summed E-state index contributed by atoms with van der Waals surface area (Å²) >= 11 is 0. The summed E-state index contributed by atoms with van der Waals surface area (Å²) in [6, 6.07) is 5.33. The van der Waals surface area contributed by atoms with Gasteiger partial charge in [-0.05, 0) is 30.5 Å². The fraction of sp³-hybridized carbons (Fsp3) is 0.500. The van der Waals surface area contributed by atoms with E-state index in [0.29, 0.717) is 36.9 Å². The summed E-state index contributed by atoms with van der Waals surface area (Å²) < 4.78 is 16.4. The molecule has 1 aromatic carbocycles. The summed E-state index contributed by atoms with van der Waals surface area (Å²) in [5, 5.41) is 0. The minimum absolute atomic E-state index is 0.0389. The maximum Gasteiger partial charge on any atom is 0.191 e. The highest BCUT2D eigenvalue weighted by atomic mass is 16.6. The molecule has 0 bridgehead atoms. The highest BCUT2D eigenvalue weighted by molar-refractivity contribution is 6.00. The molecule has 96 valence electrons. The third kappa shape index (κ3) is 1.97. The van der Waals surface area contributed by atoms with Crippen molar-refractivity contribution in [1.29, 1.82) is 0 Å². The Morgan fingerprint density at radius 1 is 1.17 bits per heavy atom. The van der Waals surface area contributed by atoms with Gasteiger partial charge in [-0.3, -0.25) is 4.79 Å². The molecule has 4 heteroatoms. The van der Waals surface area contributed by atoms with Gasteiger partial charge in [-0.25, -0.2) is 0 Å². The molecule has 0 N–H and O–H groups in total. The lowest BCUT2D eigenvalue weighted by Gasteiger charge is -2.19. The molecule has 1 aromatic rings. The predicted molar refractivity (Wildman–Crippen MR) is 65.3 cm³/mol. The maximum absolute atomic E-state index is 12.3. The number of benzene rings is 1. The molecule has 4 nitrogen and oxygen atoms in total. The number of fused-ring (bicyclic) bond motifs is 1. The van der Waals surface area contributed by atoms with Crippen molar-refractivity contribution >= 4 is 5.78 Å². The van der Waals surface area contributed by atoms with Crippen molar-refractivity contribution < 1.29 is 19.0 Å². The zero-order chi connectivity index (χ0) is 12.5. The van der Waals surface area contributed by atoms with Gasteiger partial charge in [0.15, 0.2) is 17.3 Å². The molecule has 2 heterocycles. The quantitative estimate of drug-likeness (QED) is 0.751. The molecule has 0 spiro atoms. The van der Waals surface area contributed by atoms with Crippen molar-refractivity contribution in [2.75, 3.05) is 19.8 Å². The van der Waals surface area contributed by atoms with Crippen LogP contribution in [-0.4, -0.2) is 31.7 Å². The van der Waals surface area contributed by atoms with Gasteiger partial charge in [0.2, 0.25) is 0 Å². The number of Topliss-reactive ketones (excluding diaryl/α,β-unsaturated/α-hetero) is 1. The average Bonchev–Trinajstić information content (AvgIpc) is 2.83. The first-order valence-corrected chi connectivity index (χ1v) is 6.31. The minimum Gasteiger partial charge on any atom is -0.486 e. The van der Waals surface area contributed by atoms with E-state index in [1.54, 1.807) is 18.2 Å². The van der Waals surface area contributed by atoms with Crippen LogP contribution in [0.3, 0.4) is 0 Å². The summed E-state index contributed by atoms with van der Waals surface area (Å²) in [6.07, 6.45) is 0.633. The van der Waals surface area contributed by atoms with Gasteiger partial charge in [0, 0.05) is 12.2 Å². The van der Waals surface area contributed by atoms with Gasteiger partial charge < -0.3 is 14.2 Å². The molecule has 2 aliphatic rings. The first-order chi connectivity index (χ1) is 8.75. The van der Waals surface area contributed by atoms with Crippen molar-refractivity contribution in [3.63, 3.8) is 0 Å². The normalized spacial score (nSPS) is 26.1. The molecule has 0 aliphatic carbocycles. The van der Waals surface area contributed by atoms with Crippen molar-refractivity contribution in [3.8, 4) is 11.5 Å². The second-order valence-corrected chi connectivity index (χ2v) is 4.78.